The van der Waals surface area contributed by atoms with Gasteiger partial charge in [-0.05, 0) is 50.5 Å². The Labute approximate surface area is 168 Å². The summed E-state index contributed by atoms with van der Waals surface area (Å²) in [5.41, 5.74) is 2.03. The maximum absolute atomic E-state index is 12.9. The van der Waals surface area contributed by atoms with E-state index in [2.05, 4.69) is 5.32 Å². The first-order chi connectivity index (χ1) is 13.0. The van der Waals surface area contributed by atoms with E-state index in [0.717, 1.165) is 36.4 Å². The number of nitrogens with zero attached hydrogens (tertiary/aromatic N) is 2. The molecule has 1 fully saturated rings. The summed E-state index contributed by atoms with van der Waals surface area (Å²) in [4.78, 5) is 30.3. The number of rotatable bonds is 5. The molecule has 1 saturated heterocycles. The fourth-order valence-electron chi connectivity index (χ4n) is 3.24. The second kappa shape index (κ2) is 8.76. The van der Waals surface area contributed by atoms with Crippen molar-refractivity contribution in [1.29, 1.82) is 0 Å². The van der Waals surface area contributed by atoms with Crippen LogP contribution >= 0.6 is 22.9 Å². The first kappa shape index (κ1) is 19.7. The van der Waals surface area contributed by atoms with Crippen molar-refractivity contribution in [2.45, 2.75) is 33.2 Å². The third-order valence-corrected chi connectivity index (χ3v) is 5.99. The van der Waals surface area contributed by atoms with Gasteiger partial charge in [-0.2, -0.15) is 0 Å². The van der Waals surface area contributed by atoms with Crippen LogP contribution in [0.5, 0.6) is 0 Å². The summed E-state index contributed by atoms with van der Waals surface area (Å²) in [5, 5.41) is 2.97. The van der Waals surface area contributed by atoms with Gasteiger partial charge in [0, 0.05) is 24.5 Å². The first-order valence-corrected chi connectivity index (χ1v) is 10.4. The third kappa shape index (κ3) is 4.62. The third-order valence-electron chi connectivity index (χ3n) is 4.77. The molecule has 1 aliphatic rings. The number of amides is 3. The normalized spacial score (nSPS) is 13.7. The summed E-state index contributed by atoms with van der Waals surface area (Å²) < 4.78 is 0.707. The van der Waals surface area contributed by atoms with Crippen LogP contribution in [0, 0.1) is 6.92 Å². The van der Waals surface area contributed by atoms with E-state index in [9.17, 15) is 9.59 Å². The molecule has 0 saturated carbocycles. The number of carbonyl (C=O) groups excluding carboxylic acids is 2. The number of aryl methyl sites for hydroxylation is 1. The first-order valence-electron chi connectivity index (χ1n) is 9.18. The largest absolute Gasteiger partial charge is 0.339 e. The van der Waals surface area contributed by atoms with Gasteiger partial charge >= 0.3 is 6.03 Å². The van der Waals surface area contributed by atoms with Gasteiger partial charge in [-0.25, -0.2) is 4.79 Å². The molecule has 5 nitrogen and oxygen atoms in total. The van der Waals surface area contributed by atoms with Crippen molar-refractivity contribution in [3.05, 3.63) is 50.7 Å². The maximum atomic E-state index is 12.9. The highest BCUT2D eigenvalue weighted by Gasteiger charge is 2.24. The van der Waals surface area contributed by atoms with Crippen molar-refractivity contribution >= 4 is 40.6 Å². The van der Waals surface area contributed by atoms with Crippen molar-refractivity contribution in [2.75, 3.05) is 25.0 Å². The van der Waals surface area contributed by atoms with E-state index in [-0.39, 0.29) is 11.9 Å². The fourth-order valence-corrected chi connectivity index (χ4v) is 4.34. The molecular weight excluding hydrogens is 382 g/mol. The second-order valence-corrected chi connectivity index (χ2v) is 8.45. The van der Waals surface area contributed by atoms with E-state index in [1.165, 1.54) is 11.3 Å². The van der Waals surface area contributed by atoms with Crippen LogP contribution in [-0.2, 0) is 6.54 Å². The smallest absolute Gasteiger partial charge is 0.322 e. The molecule has 7 heteroatoms. The van der Waals surface area contributed by atoms with E-state index >= 15 is 0 Å². The predicted molar refractivity (Wildman–Crippen MR) is 111 cm³/mol. The van der Waals surface area contributed by atoms with E-state index in [4.69, 9.17) is 11.6 Å². The number of carbonyl (C=O) groups is 2. The summed E-state index contributed by atoms with van der Waals surface area (Å²) in [5.74, 6) is -0.0143. The molecule has 2 heterocycles. The molecule has 0 unspecified atom stereocenters. The molecule has 0 atom stereocenters. The van der Waals surface area contributed by atoms with Crippen molar-refractivity contribution in [2.24, 2.45) is 0 Å². The summed E-state index contributed by atoms with van der Waals surface area (Å²) in [6, 6.07) is 9.11. The van der Waals surface area contributed by atoms with Crippen LogP contribution in [0.4, 0.5) is 10.5 Å². The van der Waals surface area contributed by atoms with Crippen LogP contribution in [-0.4, -0.2) is 41.4 Å². The maximum Gasteiger partial charge on any atom is 0.322 e. The Hall–Kier alpha value is -2.05. The van der Waals surface area contributed by atoms with E-state index < -0.39 is 0 Å². The molecule has 0 spiro atoms. The molecule has 1 aromatic carbocycles. The lowest BCUT2D eigenvalue weighted by molar-refractivity contribution is 0.0793. The molecule has 3 amide bonds. The number of nitrogens with one attached hydrogen (secondary N) is 1. The molecular formula is C20H24ClN3O2S. The number of hydrogen-bond acceptors (Lipinski definition) is 3. The standard InChI is InChI=1S/C20H24ClN3O2S/c1-3-23(13-15-9-10-17(21)27-15)20(26)22-18-14(2)7-6-8-16(18)19(25)24-11-4-5-12-24/h6-10H,3-5,11-13H2,1-2H3,(H,22,26). The van der Waals surface area contributed by atoms with E-state index in [0.29, 0.717) is 28.7 Å². The lowest BCUT2D eigenvalue weighted by Crippen LogP contribution is -2.35. The SMILES string of the molecule is CCN(Cc1ccc(Cl)s1)C(=O)Nc1c(C)cccc1C(=O)N1CCCC1. The molecule has 144 valence electrons. The molecule has 0 aliphatic carbocycles. The van der Waals surface area contributed by atoms with Gasteiger partial charge in [0.15, 0.2) is 0 Å². The lowest BCUT2D eigenvalue weighted by atomic mass is 10.1. The number of anilines is 1. The average molecular weight is 406 g/mol. The van der Waals surface area contributed by atoms with Gasteiger partial charge in [-0.3, -0.25) is 4.79 Å². The number of para-hydroxylation sites is 1. The molecule has 1 N–H and O–H groups in total. The van der Waals surface area contributed by atoms with Gasteiger partial charge < -0.3 is 15.1 Å². The Bertz CT molecular complexity index is 830. The molecule has 27 heavy (non-hydrogen) atoms. The fraction of sp³-hybridized carbons (Fsp3) is 0.400. The van der Waals surface area contributed by atoms with Crippen LogP contribution in [0.2, 0.25) is 4.34 Å². The quantitative estimate of drug-likeness (QED) is 0.760. The monoisotopic (exact) mass is 405 g/mol. The highest BCUT2D eigenvalue weighted by Crippen LogP contribution is 2.26. The van der Waals surface area contributed by atoms with Gasteiger partial charge in [-0.1, -0.05) is 23.7 Å². The number of benzene rings is 1. The van der Waals surface area contributed by atoms with Crippen LogP contribution in [0.3, 0.4) is 0 Å². The Kier molecular flexibility index (Phi) is 6.39. The van der Waals surface area contributed by atoms with Crippen LogP contribution < -0.4 is 5.32 Å². The number of halogens is 1. The zero-order chi connectivity index (χ0) is 19.4. The summed E-state index contributed by atoms with van der Waals surface area (Å²) >= 11 is 7.46. The van der Waals surface area contributed by atoms with Gasteiger partial charge in [0.1, 0.15) is 0 Å². The number of thiophene rings is 1. The Morgan fingerprint density at radius 3 is 2.59 bits per heavy atom. The number of hydrogen-bond donors (Lipinski definition) is 1. The van der Waals surface area contributed by atoms with Crippen molar-refractivity contribution in [1.82, 2.24) is 9.80 Å². The minimum absolute atomic E-state index is 0.0143. The Morgan fingerprint density at radius 1 is 1.22 bits per heavy atom. The zero-order valence-corrected chi connectivity index (χ0v) is 17.2. The summed E-state index contributed by atoms with van der Waals surface area (Å²) in [6.07, 6.45) is 2.07. The predicted octanol–water partition coefficient (Wildman–Crippen LogP) is 5.00. The zero-order valence-electron chi connectivity index (χ0n) is 15.6. The van der Waals surface area contributed by atoms with E-state index in [1.807, 2.05) is 43.0 Å². The minimum atomic E-state index is -0.216. The van der Waals surface area contributed by atoms with E-state index in [1.54, 1.807) is 11.0 Å². The van der Waals surface area contributed by atoms with Crippen molar-refractivity contribution in [3.63, 3.8) is 0 Å². The summed E-state index contributed by atoms with van der Waals surface area (Å²) in [7, 11) is 0. The second-order valence-electron chi connectivity index (χ2n) is 6.65. The van der Waals surface area contributed by atoms with Gasteiger partial charge in [0.2, 0.25) is 0 Å². The van der Waals surface area contributed by atoms with Gasteiger partial charge in [0.05, 0.1) is 22.1 Å². The topological polar surface area (TPSA) is 52.7 Å². The molecule has 2 aromatic rings. The van der Waals surface area contributed by atoms with Gasteiger partial charge in [0.25, 0.3) is 5.91 Å². The number of likely N-dealkylation sites (tertiary alicyclic amines) is 1. The van der Waals surface area contributed by atoms with Crippen molar-refractivity contribution < 1.29 is 9.59 Å². The van der Waals surface area contributed by atoms with Crippen LogP contribution in [0.1, 0.15) is 40.6 Å². The molecule has 0 bridgehead atoms. The van der Waals surface area contributed by atoms with Crippen molar-refractivity contribution in [3.8, 4) is 0 Å². The highest BCUT2D eigenvalue weighted by atomic mass is 35.5. The lowest BCUT2D eigenvalue weighted by Gasteiger charge is -2.23. The van der Waals surface area contributed by atoms with Crippen LogP contribution in [0.15, 0.2) is 30.3 Å². The molecule has 1 aromatic heterocycles. The minimum Gasteiger partial charge on any atom is -0.339 e. The average Bonchev–Trinajstić information content (AvgIpc) is 3.32. The summed E-state index contributed by atoms with van der Waals surface area (Å²) in [6.45, 7) is 6.44. The van der Waals surface area contributed by atoms with Gasteiger partial charge in [-0.15, -0.1) is 11.3 Å². The van der Waals surface area contributed by atoms with Crippen LogP contribution in [0.25, 0.3) is 0 Å². The molecule has 1 aliphatic heterocycles. The number of urea groups is 1. The molecule has 0 radical (unpaired) electrons. The Morgan fingerprint density at radius 2 is 1.96 bits per heavy atom. The molecule has 3 rings (SSSR count). The highest BCUT2D eigenvalue weighted by molar-refractivity contribution is 7.16. The Balaban J connectivity index is 1.78.